The van der Waals surface area contributed by atoms with Crippen molar-refractivity contribution in [3.8, 4) is 11.1 Å². The van der Waals surface area contributed by atoms with Gasteiger partial charge in [-0.2, -0.15) is 5.11 Å². The molecule has 0 amide bonds. The average molecular weight is 467 g/mol. The molecule has 2 aromatic rings. The first-order chi connectivity index (χ1) is 14.3. The molecule has 0 aromatic heterocycles. The summed E-state index contributed by atoms with van der Waals surface area (Å²) < 4.78 is 0. The van der Waals surface area contributed by atoms with Crippen LogP contribution in [0.2, 0.25) is 0 Å². The number of rotatable bonds is 7. The first kappa shape index (κ1) is 22.3. The van der Waals surface area contributed by atoms with Gasteiger partial charge < -0.3 is 10.6 Å². The quantitative estimate of drug-likeness (QED) is 0.329. The van der Waals surface area contributed by atoms with Crippen LogP contribution in [0.15, 0.2) is 77.2 Å². The van der Waals surface area contributed by atoms with Gasteiger partial charge in [-0.05, 0) is 46.7 Å². The second kappa shape index (κ2) is 9.61. The SMILES string of the molecule is Cc1ccccc1-c1ccc(CNC2=CC=C(NCC(C)(C)C)C(N=N)C2Br)cc1. The van der Waals surface area contributed by atoms with E-state index >= 15 is 0 Å². The van der Waals surface area contributed by atoms with Gasteiger partial charge in [0, 0.05) is 24.5 Å². The minimum absolute atomic E-state index is 0.0475. The molecule has 3 rings (SSSR count). The first-order valence-corrected chi connectivity index (χ1v) is 11.2. The number of allylic oxidation sites excluding steroid dienone is 2. The van der Waals surface area contributed by atoms with Gasteiger partial charge in [0.15, 0.2) is 0 Å². The lowest BCUT2D eigenvalue weighted by Crippen LogP contribution is -2.39. The second-order valence-corrected chi connectivity index (χ2v) is 9.99. The highest BCUT2D eigenvalue weighted by Crippen LogP contribution is 2.28. The van der Waals surface area contributed by atoms with Crippen LogP contribution in [0.25, 0.3) is 11.1 Å². The molecule has 0 spiro atoms. The van der Waals surface area contributed by atoms with E-state index in [0.717, 1.165) is 24.5 Å². The highest BCUT2D eigenvalue weighted by molar-refractivity contribution is 9.09. The van der Waals surface area contributed by atoms with Gasteiger partial charge in [-0.25, -0.2) is 5.53 Å². The molecule has 0 radical (unpaired) electrons. The molecule has 2 unspecified atom stereocenters. The molecular weight excluding hydrogens is 436 g/mol. The molecular formula is C25H31BrN4. The summed E-state index contributed by atoms with van der Waals surface area (Å²) in [5.74, 6) is 0. The number of hydrogen-bond acceptors (Lipinski definition) is 4. The third kappa shape index (κ3) is 5.60. The molecule has 30 heavy (non-hydrogen) atoms. The number of hydrogen-bond donors (Lipinski definition) is 3. The van der Waals surface area contributed by atoms with E-state index in [1.54, 1.807) is 0 Å². The van der Waals surface area contributed by atoms with Gasteiger partial charge in [0.1, 0.15) is 6.04 Å². The predicted octanol–water partition coefficient (Wildman–Crippen LogP) is 6.33. The minimum Gasteiger partial charge on any atom is -0.386 e. The van der Waals surface area contributed by atoms with Crippen LogP contribution in [0, 0.1) is 17.9 Å². The molecule has 0 bridgehead atoms. The summed E-state index contributed by atoms with van der Waals surface area (Å²) in [6, 6.07) is 16.9. The number of nitrogens with zero attached hydrogens (tertiary/aromatic N) is 1. The van der Waals surface area contributed by atoms with Gasteiger partial charge in [-0.1, -0.05) is 85.2 Å². The van der Waals surface area contributed by atoms with Crippen molar-refractivity contribution in [3.63, 3.8) is 0 Å². The van der Waals surface area contributed by atoms with E-state index in [4.69, 9.17) is 5.53 Å². The molecule has 5 heteroatoms. The van der Waals surface area contributed by atoms with Crippen molar-refractivity contribution in [1.82, 2.24) is 10.6 Å². The van der Waals surface area contributed by atoms with Crippen LogP contribution in [0.5, 0.6) is 0 Å². The maximum absolute atomic E-state index is 7.66. The van der Waals surface area contributed by atoms with Crippen molar-refractivity contribution in [2.75, 3.05) is 6.54 Å². The monoisotopic (exact) mass is 466 g/mol. The molecule has 0 heterocycles. The zero-order chi connectivity index (χ0) is 21.7. The lowest BCUT2D eigenvalue weighted by atomic mass is 9.95. The molecule has 2 atom stereocenters. The fourth-order valence-electron chi connectivity index (χ4n) is 3.42. The van der Waals surface area contributed by atoms with Crippen LogP contribution in [0.3, 0.4) is 0 Å². The van der Waals surface area contributed by atoms with Crippen molar-refractivity contribution >= 4 is 15.9 Å². The number of benzene rings is 2. The van der Waals surface area contributed by atoms with Crippen LogP contribution in [-0.4, -0.2) is 17.4 Å². The summed E-state index contributed by atoms with van der Waals surface area (Å²) in [4.78, 5) is -0.0475. The molecule has 2 aromatic carbocycles. The van der Waals surface area contributed by atoms with E-state index in [0.29, 0.717) is 0 Å². The number of halogens is 1. The zero-order valence-corrected chi connectivity index (χ0v) is 19.8. The van der Waals surface area contributed by atoms with Crippen molar-refractivity contribution in [2.45, 2.75) is 45.1 Å². The molecule has 1 aliphatic rings. The number of aryl methyl sites for hydroxylation is 1. The summed E-state index contributed by atoms with van der Waals surface area (Å²) >= 11 is 3.74. The van der Waals surface area contributed by atoms with Gasteiger partial charge >= 0.3 is 0 Å². The lowest BCUT2D eigenvalue weighted by molar-refractivity contribution is 0.389. The smallest absolute Gasteiger partial charge is 0.128 e. The Hall–Kier alpha value is -2.40. The topological polar surface area (TPSA) is 60.3 Å². The Balaban J connectivity index is 1.66. The predicted molar refractivity (Wildman–Crippen MR) is 129 cm³/mol. The van der Waals surface area contributed by atoms with Crippen LogP contribution in [0.1, 0.15) is 31.9 Å². The van der Waals surface area contributed by atoms with Crippen LogP contribution in [0.4, 0.5) is 0 Å². The maximum Gasteiger partial charge on any atom is 0.128 e. The zero-order valence-electron chi connectivity index (χ0n) is 18.2. The standard InChI is InChI=1S/C25H31BrN4/c1-17-7-5-6-8-20(17)19-11-9-18(10-12-19)15-28-21-13-14-22(24(30-27)23(21)26)29-16-25(2,3)4/h5-14,23-24,27-29H,15-16H2,1-4H3. The van der Waals surface area contributed by atoms with Crippen LogP contribution in [-0.2, 0) is 6.54 Å². The average Bonchev–Trinajstić information content (AvgIpc) is 2.72. The molecule has 0 fully saturated rings. The fourth-order valence-corrected chi connectivity index (χ4v) is 4.14. The highest BCUT2D eigenvalue weighted by atomic mass is 79.9. The Morgan fingerprint density at radius 2 is 1.63 bits per heavy atom. The Kier molecular flexibility index (Phi) is 7.14. The van der Waals surface area contributed by atoms with E-state index in [-0.39, 0.29) is 16.3 Å². The molecule has 0 aliphatic heterocycles. The summed E-state index contributed by atoms with van der Waals surface area (Å²) in [6.45, 7) is 10.3. The normalized spacial score (nSPS) is 19.0. The molecule has 158 valence electrons. The molecule has 3 N–H and O–H groups in total. The number of nitrogens with one attached hydrogen (secondary N) is 3. The first-order valence-electron chi connectivity index (χ1n) is 10.3. The summed E-state index contributed by atoms with van der Waals surface area (Å²) in [5, 5.41) is 10.8. The molecule has 1 aliphatic carbocycles. The lowest BCUT2D eigenvalue weighted by Gasteiger charge is -2.30. The summed E-state index contributed by atoms with van der Waals surface area (Å²) in [6.07, 6.45) is 4.11. The molecule has 0 saturated carbocycles. The van der Waals surface area contributed by atoms with Crippen molar-refractivity contribution < 1.29 is 0 Å². The van der Waals surface area contributed by atoms with Crippen LogP contribution < -0.4 is 10.6 Å². The largest absolute Gasteiger partial charge is 0.386 e. The van der Waals surface area contributed by atoms with E-state index in [2.05, 4.69) is 114 Å². The molecule has 4 nitrogen and oxygen atoms in total. The minimum atomic E-state index is -0.247. The Morgan fingerprint density at radius 1 is 0.967 bits per heavy atom. The van der Waals surface area contributed by atoms with Crippen molar-refractivity contribution in [1.29, 1.82) is 5.53 Å². The molecule has 0 saturated heterocycles. The van der Waals surface area contributed by atoms with Gasteiger partial charge in [0.2, 0.25) is 0 Å². The Bertz CT molecular complexity index is 938. The van der Waals surface area contributed by atoms with Crippen LogP contribution >= 0.6 is 15.9 Å². The maximum atomic E-state index is 7.66. The Morgan fingerprint density at radius 3 is 2.27 bits per heavy atom. The van der Waals surface area contributed by atoms with E-state index < -0.39 is 0 Å². The fraction of sp³-hybridized carbons (Fsp3) is 0.360. The van der Waals surface area contributed by atoms with Crippen molar-refractivity contribution in [2.24, 2.45) is 10.5 Å². The van der Waals surface area contributed by atoms with E-state index in [1.165, 1.54) is 22.3 Å². The second-order valence-electron chi connectivity index (χ2n) is 9.00. The third-order valence-electron chi connectivity index (χ3n) is 5.20. The Labute approximate surface area is 188 Å². The number of alkyl halides is 1. The van der Waals surface area contributed by atoms with Crippen molar-refractivity contribution in [3.05, 3.63) is 83.2 Å². The summed E-state index contributed by atoms with van der Waals surface area (Å²) in [7, 11) is 0. The van der Waals surface area contributed by atoms with Gasteiger partial charge in [-0.15, -0.1) is 0 Å². The highest BCUT2D eigenvalue weighted by Gasteiger charge is 2.29. The van der Waals surface area contributed by atoms with Gasteiger partial charge in [0.25, 0.3) is 0 Å². The van der Waals surface area contributed by atoms with Gasteiger partial charge in [-0.3, -0.25) is 0 Å². The van der Waals surface area contributed by atoms with Gasteiger partial charge in [0.05, 0.1) is 4.83 Å². The third-order valence-corrected chi connectivity index (χ3v) is 6.20. The van der Waals surface area contributed by atoms with E-state index in [9.17, 15) is 0 Å². The van der Waals surface area contributed by atoms with E-state index in [1.807, 2.05) is 6.08 Å². The summed E-state index contributed by atoms with van der Waals surface area (Å²) in [5.41, 5.74) is 14.9.